The second kappa shape index (κ2) is 10.2. The van der Waals surface area contributed by atoms with Gasteiger partial charge in [-0.2, -0.15) is 5.10 Å². The van der Waals surface area contributed by atoms with Gasteiger partial charge < -0.3 is 24.6 Å². The first-order valence-electron chi connectivity index (χ1n) is 12.1. The van der Waals surface area contributed by atoms with Gasteiger partial charge in [0.25, 0.3) is 5.91 Å². The third-order valence-electron chi connectivity index (χ3n) is 6.33. The van der Waals surface area contributed by atoms with Crippen LogP contribution in [0.25, 0.3) is 5.82 Å². The van der Waals surface area contributed by atoms with Crippen LogP contribution in [-0.2, 0) is 16.0 Å². The number of fused-ring (bicyclic) bond motifs is 1. The van der Waals surface area contributed by atoms with Crippen molar-refractivity contribution < 1.29 is 19.1 Å². The molecule has 37 heavy (non-hydrogen) atoms. The van der Waals surface area contributed by atoms with Gasteiger partial charge in [-0.15, -0.1) is 0 Å². The van der Waals surface area contributed by atoms with Crippen LogP contribution in [0.5, 0.6) is 11.5 Å². The van der Waals surface area contributed by atoms with E-state index in [4.69, 9.17) is 9.47 Å². The number of pyridine rings is 2. The van der Waals surface area contributed by atoms with Crippen LogP contribution in [0.4, 0.5) is 11.5 Å². The minimum absolute atomic E-state index is 0.227. The maximum atomic E-state index is 13.2. The fourth-order valence-corrected chi connectivity index (χ4v) is 4.48. The minimum Gasteiger partial charge on any atom is -0.495 e. The number of ether oxygens (including phenoxy) is 2. The Morgan fingerprint density at radius 3 is 2.59 bits per heavy atom. The SMILES string of the molecule is CCOc1cccnc1N1CCN(C(=O)C(=O)C2=CNc3c(-n4cnc(C)n4)ncc(OC)c3C2)CC1. The first kappa shape index (κ1) is 24.2. The molecule has 1 N–H and O–H groups in total. The summed E-state index contributed by atoms with van der Waals surface area (Å²) in [6.07, 6.45) is 6.66. The average Bonchev–Trinajstić information content (AvgIpc) is 3.37. The highest BCUT2D eigenvalue weighted by Crippen LogP contribution is 2.35. The van der Waals surface area contributed by atoms with Crippen molar-refractivity contribution in [2.24, 2.45) is 0 Å². The highest BCUT2D eigenvalue weighted by atomic mass is 16.5. The second-order valence-electron chi connectivity index (χ2n) is 8.60. The molecule has 192 valence electrons. The number of ketones is 1. The van der Waals surface area contributed by atoms with Gasteiger partial charge in [-0.3, -0.25) is 9.59 Å². The van der Waals surface area contributed by atoms with Crippen LogP contribution in [-0.4, -0.2) is 81.2 Å². The lowest BCUT2D eigenvalue weighted by Gasteiger charge is -2.35. The molecule has 5 rings (SSSR count). The van der Waals surface area contributed by atoms with Crippen molar-refractivity contribution in [3.8, 4) is 17.3 Å². The summed E-state index contributed by atoms with van der Waals surface area (Å²) in [7, 11) is 1.54. The zero-order valence-electron chi connectivity index (χ0n) is 21.0. The topological polar surface area (TPSA) is 128 Å². The molecule has 12 nitrogen and oxygen atoms in total. The van der Waals surface area contributed by atoms with Crippen molar-refractivity contribution in [2.75, 3.05) is 50.1 Å². The molecule has 1 saturated heterocycles. The van der Waals surface area contributed by atoms with E-state index >= 15 is 0 Å². The molecule has 2 aliphatic rings. The van der Waals surface area contributed by atoms with Crippen molar-refractivity contribution >= 4 is 23.2 Å². The number of rotatable bonds is 7. The van der Waals surface area contributed by atoms with Gasteiger partial charge in [0, 0.05) is 56.1 Å². The number of hydrogen-bond donors (Lipinski definition) is 1. The number of nitrogens with one attached hydrogen (secondary N) is 1. The molecule has 0 bridgehead atoms. The molecule has 12 heteroatoms. The molecule has 0 saturated carbocycles. The maximum Gasteiger partial charge on any atom is 0.294 e. The highest BCUT2D eigenvalue weighted by Gasteiger charge is 2.32. The molecule has 1 amide bonds. The lowest BCUT2D eigenvalue weighted by Crippen LogP contribution is -2.51. The largest absolute Gasteiger partial charge is 0.495 e. The summed E-state index contributed by atoms with van der Waals surface area (Å²) in [4.78, 5) is 43.1. The van der Waals surface area contributed by atoms with Crippen LogP contribution in [0.3, 0.4) is 0 Å². The Hall–Kier alpha value is -4.48. The van der Waals surface area contributed by atoms with E-state index < -0.39 is 11.7 Å². The van der Waals surface area contributed by atoms with E-state index in [-0.39, 0.29) is 6.42 Å². The second-order valence-corrected chi connectivity index (χ2v) is 8.60. The zero-order chi connectivity index (χ0) is 25.9. The van der Waals surface area contributed by atoms with Crippen LogP contribution in [0.2, 0.25) is 0 Å². The number of methoxy groups -OCH3 is 1. The van der Waals surface area contributed by atoms with Gasteiger partial charge in [0.2, 0.25) is 5.78 Å². The molecule has 5 heterocycles. The predicted molar refractivity (Wildman–Crippen MR) is 135 cm³/mol. The fourth-order valence-electron chi connectivity index (χ4n) is 4.48. The Labute approximate surface area is 213 Å². The molecule has 2 aliphatic heterocycles. The van der Waals surface area contributed by atoms with E-state index in [1.54, 1.807) is 48.5 Å². The minimum atomic E-state index is -0.545. The zero-order valence-corrected chi connectivity index (χ0v) is 21.0. The molecule has 0 unspecified atom stereocenters. The van der Waals surface area contributed by atoms with E-state index in [0.717, 1.165) is 11.4 Å². The Morgan fingerprint density at radius 1 is 1.08 bits per heavy atom. The first-order valence-corrected chi connectivity index (χ1v) is 12.1. The molecule has 1 fully saturated rings. The van der Waals surface area contributed by atoms with E-state index in [1.807, 2.05) is 19.1 Å². The Balaban J connectivity index is 1.29. The fraction of sp³-hybridized carbons (Fsp3) is 0.360. The van der Waals surface area contributed by atoms with Crippen LogP contribution in [0, 0.1) is 6.92 Å². The number of amides is 1. The first-order chi connectivity index (χ1) is 18.0. The van der Waals surface area contributed by atoms with Crippen molar-refractivity contribution in [1.29, 1.82) is 0 Å². The summed E-state index contributed by atoms with van der Waals surface area (Å²) < 4.78 is 12.7. The predicted octanol–water partition coefficient (Wildman–Crippen LogP) is 1.54. The number of aryl methyl sites for hydroxylation is 1. The van der Waals surface area contributed by atoms with Gasteiger partial charge in [0.15, 0.2) is 17.4 Å². The summed E-state index contributed by atoms with van der Waals surface area (Å²) in [5.41, 5.74) is 1.73. The van der Waals surface area contributed by atoms with Gasteiger partial charge in [0.05, 0.1) is 25.6 Å². The number of nitrogens with zero attached hydrogens (tertiary/aromatic N) is 7. The maximum absolute atomic E-state index is 13.2. The third kappa shape index (κ3) is 4.69. The Kier molecular flexibility index (Phi) is 6.71. The summed E-state index contributed by atoms with van der Waals surface area (Å²) in [5, 5.41) is 7.46. The molecule has 0 spiro atoms. The normalized spacial score (nSPS) is 14.9. The molecule has 0 atom stereocenters. The summed E-state index contributed by atoms with van der Waals surface area (Å²) in [6, 6.07) is 3.71. The van der Waals surface area contributed by atoms with Crippen LogP contribution >= 0.6 is 0 Å². The number of anilines is 2. The Morgan fingerprint density at radius 2 is 1.89 bits per heavy atom. The van der Waals surface area contributed by atoms with Crippen LogP contribution in [0.1, 0.15) is 18.3 Å². The van der Waals surface area contributed by atoms with Crippen LogP contribution < -0.4 is 19.7 Å². The van der Waals surface area contributed by atoms with Crippen molar-refractivity contribution in [1.82, 2.24) is 29.6 Å². The average molecular weight is 505 g/mol. The molecule has 0 aliphatic carbocycles. The van der Waals surface area contributed by atoms with Crippen molar-refractivity contribution in [2.45, 2.75) is 20.3 Å². The smallest absolute Gasteiger partial charge is 0.294 e. The number of hydrogen-bond acceptors (Lipinski definition) is 10. The molecular formula is C25H28N8O4. The number of carbonyl (C=O) groups excluding carboxylic acids is 2. The molecule has 0 aromatic carbocycles. The van der Waals surface area contributed by atoms with Gasteiger partial charge in [0.1, 0.15) is 17.9 Å². The van der Waals surface area contributed by atoms with E-state index in [1.165, 1.54) is 0 Å². The van der Waals surface area contributed by atoms with E-state index in [2.05, 4.69) is 30.3 Å². The van der Waals surface area contributed by atoms with Gasteiger partial charge in [-0.1, -0.05) is 0 Å². The molecule has 0 radical (unpaired) electrons. The van der Waals surface area contributed by atoms with Crippen molar-refractivity contribution in [3.05, 3.63) is 54.0 Å². The lowest BCUT2D eigenvalue weighted by molar-refractivity contribution is -0.143. The molecular weight excluding hydrogens is 476 g/mol. The number of aromatic nitrogens is 5. The highest BCUT2D eigenvalue weighted by molar-refractivity contribution is 6.42. The van der Waals surface area contributed by atoms with Gasteiger partial charge in [-0.25, -0.2) is 19.6 Å². The Bertz CT molecular complexity index is 1360. The van der Waals surface area contributed by atoms with Gasteiger partial charge in [-0.05, 0) is 26.0 Å². The monoisotopic (exact) mass is 504 g/mol. The number of Topliss-reactive ketones (excluding diaryl/α,β-unsaturated/α-hetero) is 1. The van der Waals surface area contributed by atoms with Gasteiger partial charge >= 0.3 is 0 Å². The summed E-state index contributed by atoms with van der Waals surface area (Å²) >= 11 is 0. The van der Waals surface area contributed by atoms with E-state index in [9.17, 15) is 9.59 Å². The molecule has 3 aromatic rings. The number of piperazine rings is 1. The number of carbonyl (C=O) groups is 2. The van der Waals surface area contributed by atoms with Crippen LogP contribution in [0.15, 0.2) is 42.6 Å². The van der Waals surface area contributed by atoms with Crippen molar-refractivity contribution in [3.63, 3.8) is 0 Å². The summed E-state index contributed by atoms with van der Waals surface area (Å²) in [5.74, 6) is 2.04. The third-order valence-corrected chi connectivity index (χ3v) is 6.33. The molecule has 3 aromatic heterocycles. The lowest BCUT2D eigenvalue weighted by atomic mass is 9.97. The van der Waals surface area contributed by atoms with E-state index in [0.29, 0.717) is 67.2 Å². The quantitative estimate of drug-likeness (QED) is 0.473. The standard InChI is InChI=1S/C25H28N8O4/c1-4-37-19-6-5-7-26-23(19)31-8-10-32(11-9-31)25(35)22(34)17-12-18-20(36-3)14-28-24(21(18)27-13-17)33-15-29-16(2)30-33/h5-7,13-15,27H,4,8-12H2,1-3H3. The summed E-state index contributed by atoms with van der Waals surface area (Å²) in [6.45, 7) is 6.18.